The normalized spacial score (nSPS) is 12.5. The number of benzene rings is 2. The molecule has 0 aliphatic carbocycles. The second-order valence-electron chi connectivity index (χ2n) is 5.37. The number of rotatable bonds is 4. The maximum Gasteiger partial charge on any atom is 0.178 e. The summed E-state index contributed by atoms with van der Waals surface area (Å²) in [6, 6.07) is 13.1. The molecule has 0 aliphatic rings. The van der Waals surface area contributed by atoms with Crippen LogP contribution in [-0.4, -0.2) is 16.0 Å². The number of fused-ring (bicyclic) bond motifs is 1. The first-order valence-electron chi connectivity index (χ1n) is 7.20. The Morgan fingerprint density at radius 2 is 1.91 bits per heavy atom. The summed E-state index contributed by atoms with van der Waals surface area (Å²) in [5.74, 6) is 0.0843. The maximum absolute atomic E-state index is 12.9. The van der Waals surface area contributed by atoms with Crippen LogP contribution in [-0.2, 0) is 0 Å². The topological polar surface area (TPSA) is 32.9 Å². The van der Waals surface area contributed by atoms with Gasteiger partial charge in [0.15, 0.2) is 5.78 Å². The minimum Gasteiger partial charge on any atom is -0.358 e. The highest BCUT2D eigenvalue weighted by molar-refractivity contribution is 8.00. The fourth-order valence-electron chi connectivity index (χ4n) is 2.61. The third kappa shape index (κ3) is 3.27. The average Bonchev–Trinajstić information content (AvgIpc) is 2.86. The van der Waals surface area contributed by atoms with E-state index in [1.807, 2.05) is 38.1 Å². The number of nitrogens with one attached hydrogen (secondary N) is 1. The zero-order valence-corrected chi connectivity index (χ0v) is 15.0. The van der Waals surface area contributed by atoms with Crippen molar-refractivity contribution in [3.8, 4) is 0 Å². The van der Waals surface area contributed by atoms with Gasteiger partial charge in [0.25, 0.3) is 0 Å². The number of H-pyrrole nitrogens is 1. The molecule has 0 bridgehead atoms. The average molecular weight is 364 g/mol. The Balaban J connectivity index is 1.93. The van der Waals surface area contributed by atoms with Crippen LogP contribution in [0.2, 0.25) is 10.0 Å². The van der Waals surface area contributed by atoms with E-state index in [0.29, 0.717) is 10.0 Å². The first-order chi connectivity index (χ1) is 11.0. The van der Waals surface area contributed by atoms with Crippen LogP contribution in [0.1, 0.15) is 23.0 Å². The highest BCUT2D eigenvalue weighted by atomic mass is 35.5. The smallest absolute Gasteiger partial charge is 0.178 e. The summed E-state index contributed by atoms with van der Waals surface area (Å²) in [4.78, 5) is 17.0. The second kappa shape index (κ2) is 6.60. The number of carbonyl (C=O) groups is 1. The molecule has 0 radical (unpaired) electrons. The van der Waals surface area contributed by atoms with Gasteiger partial charge in [0.2, 0.25) is 0 Å². The number of ketones is 1. The van der Waals surface area contributed by atoms with Crippen molar-refractivity contribution in [3.63, 3.8) is 0 Å². The number of hydrogen-bond donors (Lipinski definition) is 1. The van der Waals surface area contributed by atoms with Gasteiger partial charge in [0, 0.05) is 32.1 Å². The molecule has 2 aromatic carbocycles. The molecule has 3 rings (SSSR count). The van der Waals surface area contributed by atoms with E-state index in [-0.39, 0.29) is 11.0 Å². The molecule has 0 saturated carbocycles. The van der Waals surface area contributed by atoms with E-state index < -0.39 is 0 Å². The van der Waals surface area contributed by atoms with Crippen LogP contribution in [0.3, 0.4) is 0 Å². The lowest BCUT2D eigenvalue weighted by Gasteiger charge is -2.12. The van der Waals surface area contributed by atoms with Crippen LogP contribution in [0.15, 0.2) is 47.4 Å². The van der Waals surface area contributed by atoms with Crippen molar-refractivity contribution in [2.24, 2.45) is 0 Å². The van der Waals surface area contributed by atoms with Gasteiger partial charge in [-0.1, -0.05) is 41.4 Å². The molecule has 0 saturated heterocycles. The Morgan fingerprint density at radius 3 is 2.70 bits per heavy atom. The molecule has 1 aromatic heterocycles. The van der Waals surface area contributed by atoms with Crippen molar-refractivity contribution in [3.05, 3.63) is 63.8 Å². The number of hydrogen-bond acceptors (Lipinski definition) is 2. The predicted molar refractivity (Wildman–Crippen MR) is 99.1 cm³/mol. The Labute approximate surface area is 149 Å². The molecular formula is C18H15Cl2NOS. The summed E-state index contributed by atoms with van der Waals surface area (Å²) in [5, 5.41) is 1.91. The van der Waals surface area contributed by atoms with Crippen molar-refractivity contribution >= 4 is 51.6 Å². The third-order valence-corrected chi connectivity index (χ3v) is 5.54. The van der Waals surface area contributed by atoms with E-state index in [9.17, 15) is 4.79 Å². The van der Waals surface area contributed by atoms with Gasteiger partial charge in [-0.3, -0.25) is 4.79 Å². The summed E-state index contributed by atoms with van der Waals surface area (Å²) < 4.78 is 0. The van der Waals surface area contributed by atoms with Gasteiger partial charge < -0.3 is 4.98 Å². The summed E-state index contributed by atoms with van der Waals surface area (Å²) in [6.45, 7) is 3.82. The molecule has 1 heterocycles. The van der Waals surface area contributed by atoms with Gasteiger partial charge in [0.05, 0.1) is 10.3 Å². The molecular weight excluding hydrogens is 349 g/mol. The van der Waals surface area contributed by atoms with Crippen LogP contribution >= 0.6 is 35.0 Å². The number of thioether (sulfide) groups is 1. The number of carbonyl (C=O) groups excluding carboxylic acids is 1. The van der Waals surface area contributed by atoms with Gasteiger partial charge in [-0.2, -0.15) is 0 Å². The SMILES string of the molecule is Cc1[nH]c2ccccc2c1C(=O)[C@@H](C)Sc1cc(Cl)ccc1Cl. The Kier molecular flexibility index (Phi) is 4.72. The van der Waals surface area contributed by atoms with Crippen molar-refractivity contribution in [1.82, 2.24) is 4.98 Å². The fraction of sp³-hybridized carbons (Fsp3) is 0.167. The van der Waals surface area contributed by atoms with Crippen molar-refractivity contribution < 1.29 is 4.79 Å². The van der Waals surface area contributed by atoms with Gasteiger partial charge in [-0.05, 0) is 38.1 Å². The minimum absolute atomic E-state index is 0.0843. The van der Waals surface area contributed by atoms with E-state index in [1.54, 1.807) is 18.2 Å². The molecule has 118 valence electrons. The molecule has 23 heavy (non-hydrogen) atoms. The number of Topliss-reactive ketones (excluding diaryl/α,β-unsaturated/α-hetero) is 1. The van der Waals surface area contributed by atoms with Gasteiger partial charge in [-0.15, -0.1) is 11.8 Å². The summed E-state index contributed by atoms with van der Waals surface area (Å²) >= 11 is 13.6. The number of aryl methyl sites for hydroxylation is 1. The van der Waals surface area contributed by atoms with E-state index in [0.717, 1.165) is 27.1 Å². The van der Waals surface area contributed by atoms with Gasteiger partial charge in [-0.25, -0.2) is 0 Å². The molecule has 0 amide bonds. The minimum atomic E-state index is -0.260. The lowest BCUT2D eigenvalue weighted by molar-refractivity contribution is 0.0995. The molecule has 2 nitrogen and oxygen atoms in total. The fourth-order valence-corrected chi connectivity index (χ4v) is 4.08. The highest BCUT2D eigenvalue weighted by Gasteiger charge is 2.23. The van der Waals surface area contributed by atoms with Crippen molar-refractivity contribution in [1.29, 1.82) is 0 Å². The number of aromatic nitrogens is 1. The summed E-state index contributed by atoms with van der Waals surface area (Å²) in [6.07, 6.45) is 0. The predicted octanol–water partition coefficient (Wildman–Crippen LogP) is 6.15. The van der Waals surface area contributed by atoms with Crippen molar-refractivity contribution in [2.75, 3.05) is 0 Å². The lowest BCUT2D eigenvalue weighted by atomic mass is 10.1. The summed E-state index contributed by atoms with van der Waals surface area (Å²) in [7, 11) is 0. The van der Waals surface area contributed by atoms with Gasteiger partial charge in [0.1, 0.15) is 0 Å². The monoisotopic (exact) mass is 363 g/mol. The molecule has 0 fully saturated rings. The van der Waals surface area contributed by atoms with E-state index in [4.69, 9.17) is 23.2 Å². The standard InChI is InChI=1S/C18H15Cl2NOS/c1-10-17(13-5-3-4-6-15(13)21-10)18(22)11(2)23-16-9-12(19)7-8-14(16)20/h3-9,11,21H,1-2H3/t11-/m1/s1. The maximum atomic E-state index is 12.9. The number of halogens is 2. The molecule has 0 spiro atoms. The first-order valence-corrected chi connectivity index (χ1v) is 8.84. The molecule has 1 atom stereocenters. The largest absolute Gasteiger partial charge is 0.358 e. The van der Waals surface area contributed by atoms with E-state index in [2.05, 4.69) is 4.98 Å². The molecule has 0 aliphatic heterocycles. The Hall–Kier alpha value is -1.42. The quantitative estimate of drug-likeness (QED) is 0.445. The zero-order valence-electron chi connectivity index (χ0n) is 12.7. The van der Waals surface area contributed by atoms with Crippen LogP contribution in [0.25, 0.3) is 10.9 Å². The van der Waals surface area contributed by atoms with Crippen LogP contribution in [0, 0.1) is 6.92 Å². The van der Waals surface area contributed by atoms with E-state index >= 15 is 0 Å². The van der Waals surface area contributed by atoms with E-state index in [1.165, 1.54) is 11.8 Å². The Bertz CT molecular complexity index is 888. The molecule has 3 aromatic rings. The lowest BCUT2D eigenvalue weighted by Crippen LogP contribution is -2.14. The highest BCUT2D eigenvalue weighted by Crippen LogP contribution is 2.35. The van der Waals surface area contributed by atoms with Crippen LogP contribution in [0.5, 0.6) is 0 Å². The zero-order chi connectivity index (χ0) is 16.6. The third-order valence-electron chi connectivity index (χ3n) is 3.71. The summed E-state index contributed by atoms with van der Waals surface area (Å²) in [5.41, 5.74) is 2.62. The molecule has 5 heteroatoms. The first kappa shape index (κ1) is 16.4. The van der Waals surface area contributed by atoms with Crippen LogP contribution < -0.4 is 0 Å². The van der Waals surface area contributed by atoms with Crippen molar-refractivity contribution in [2.45, 2.75) is 24.0 Å². The van der Waals surface area contributed by atoms with Crippen LogP contribution in [0.4, 0.5) is 0 Å². The Morgan fingerprint density at radius 1 is 1.17 bits per heavy atom. The van der Waals surface area contributed by atoms with Gasteiger partial charge >= 0.3 is 0 Å². The number of para-hydroxylation sites is 1. The second-order valence-corrected chi connectivity index (χ2v) is 7.60. The molecule has 1 N–H and O–H groups in total. The number of aromatic amines is 1. The molecule has 0 unspecified atom stereocenters.